The van der Waals surface area contributed by atoms with Crippen LogP contribution in [0.5, 0.6) is 0 Å². The second kappa shape index (κ2) is 7.31. The lowest BCUT2D eigenvalue weighted by Crippen LogP contribution is -2.38. The highest BCUT2D eigenvalue weighted by molar-refractivity contribution is 5.92. The minimum atomic E-state index is -2.79. The average molecular weight is 367 g/mol. The summed E-state index contributed by atoms with van der Waals surface area (Å²) in [6.07, 6.45) is -2.79. The molecule has 0 saturated heterocycles. The molecule has 0 aliphatic heterocycles. The van der Waals surface area contributed by atoms with Gasteiger partial charge in [-0.1, -0.05) is 32.9 Å². The molecule has 1 amide bonds. The van der Waals surface area contributed by atoms with Gasteiger partial charge < -0.3 is 10.3 Å². The number of hydrogen-bond acceptors (Lipinski definition) is 3. The van der Waals surface area contributed by atoms with Gasteiger partial charge in [0.2, 0.25) is 0 Å². The molecule has 0 fully saturated rings. The maximum Gasteiger partial charge on any atom is 0.270 e. The molecule has 5 nitrogen and oxygen atoms in total. The quantitative estimate of drug-likeness (QED) is 0.866. The van der Waals surface area contributed by atoms with E-state index in [-0.39, 0.29) is 17.1 Å². The third-order valence-corrected chi connectivity index (χ3v) is 3.82. The van der Waals surface area contributed by atoms with E-state index >= 15 is 0 Å². The summed E-state index contributed by atoms with van der Waals surface area (Å²) in [7, 11) is 0. The number of amides is 1. The second-order valence-electron chi connectivity index (χ2n) is 7.07. The molecule has 1 aromatic carbocycles. The van der Waals surface area contributed by atoms with E-state index in [4.69, 9.17) is 0 Å². The van der Waals surface area contributed by atoms with Gasteiger partial charge in [-0.3, -0.25) is 9.59 Å². The summed E-state index contributed by atoms with van der Waals surface area (Å²) >= 11 is 0. The first-order chi connectivity index (χ1) is 12.0. The molecule has 0 saturated carbocycles. The number of nitrogens with one attached hydrogen (secondary N) is 2. The minimum Gasteiger partial charge on any atom is -0.343 e. The fourth-order valence-corrected chi connectivity index (χ4v) is 2.57. The summed E-state index contributed by atoms with van der Waals surface area (Å²) in [6, 6.07) is 3.36. The molecule has 2 aromatic rings. The molecule has 0 aliphatic rings. The molecule has 0 spiro atoms. The van der Waals surface area contributed by atoms with Crippen molar-refractivity contribution in [3.8, 4) is 0 Å². The van der Waals surface area contributed by atoms with Crippen molar-refractivity contribution in [3.05, 3.63) is 63.1 Å². The molecular weight excluding hydrogens is 347 g/mol. The lowest BCUT2D eigenvalue weighted by molar-refractivity contribution is 0.0894. The molecular formula is C18H20F3N3O2. The van der Waals surface area contributed by atoms with Crippen LogP contribution in [0.15, 0.2) is 29.1 Å². The first-order valence-corrected chi connectivity index (χ1v) is 7.95. The standard InChI is InChI=1S/C18H20F3N3O2/c1-9-22-13(8-14(25)23-9)17(26)24-15(18(2,3)4)11-6-5-10(16(20)21)7-12(11)19/h5-8,15-16H,1-4H3,(H,24,26)(H,22,23,25)/t15-/m0/s1. The molecule has 2 rings (SSSR count). The van der Waals surface area contributed by atoms with Crippen molar-refractivity contribution in [2.75, 3.05) is 0 Å². The number of H-pyrrole nitrogens is 1. The van der Waals surface area contributed by atoms with E-state index in [9.17, 15) is 22.8 Å². The van der Waals surface area contributed by atoms with Crippen molar-refractivity contribution in [2.24, 2.45) is 5.41 Å². The van der Waals surface area contributed by atoms with E-state index in [1.807, 2.05) is 0 Å². The van der Waals surface area contributed by atoms with Gasteiger partial charge in [-0.25, -0.2) is 18.2 Å². The number of halogens is 3. The predicted molar refractivity (Wildman–Crippen MR) is 90.6 cm³/mol. The van der Waals surface area contributed by atoms with Crippen LogP contribution in [-0.4, -0.2) is 15.9 Å². The van der Waals surface area contributed by atoms with Crippen LogP contribution in [0.4, 0.5) is 13.2 Å². The molecule has 0 bridgehead atoms. The van der Waals surface area contributed by atoms with Crippen LogP contribution in [0.1, 0.15) is 60.7 Å². The number of carbonyl (C=O) groups is 1. The monoisotopic (exact) mass is 367 g/mol. The molecule has 1 heterocycles. The Kier molecular flexibility index (Phi) is 5.53. The van der Waals surface area contributed by atoms with E-state index < -0.39 is 40.7 Å². The number of aromatic nitrogens is 2. The molecule has 0 unspecified atom stereocenters. The second-order valence-corrected chi connectivity index (χ2v) is 7.07. The van der Waals surface area contributed by atoms with Gasteiger partial charge >= 0.3 is 0 Å². The number of aromatic amines is 1. The van der Waals surface area contributed by atoms with Crippen LogP contribution in [0, 0.1) is 18.2 Å². The highest BCUT2D eigenvalue weighted by atomic mass is 19.3. The molecule has 8 heteroatoms. The molecule has 140 valence electrons. The summed E-state index contributed by atoms with van der Waals surface area (Å²) in [5.41, 5.74) is -1.57. The van der Waals surface area contributed by atoms with E-state index in [2.05, 4.69) is 15.3 Å². The van der Waals surface area contributed by atoms with Gasteiger partial charge in [0.1, 0.15) is 17.3 Å². The molecule has 1 aromatic heterocycles. The fraction of sp³-hybridized carbons (Fsp3) is 0.389. The third-order valence-electron chi connectivity index (χ3n) is 3.82. The van der Waals surface area contributed by atoms with Gasteiger partial charge in [-0.2, -0.15) is 0 Å². The Morgan fingerprint density at radius 3 is 2.38 bits per heavy atom. The Balaban J connectivity index is 2.40. The summed E-state index contributed by atoms with van der Waals surface area (Å²) in [4.78, 5) is 30.4. The summed E-state index contributed by atoms with van der Waals surface area (Å²) < 4.78 is 39.9. The molecule has 1 atom stereocenters. The van der Waals surface area contributed by atoms with Crippen LogP contribution in [-0.2, 0) is 0 Å². The van der Waals surface area contributed by atoms with Crippen molar-refractivity contribution in [1.82, 2.24) is 15.3 Å². The topological polar surface area (TPSA) is 74.8 Å². The van der Waals surface area contributed by atoms with Gasteiger partial charge in [0.05, 0.1) is 6.04 Å². The normalized spacial score (nSPS) is 12.9. The Labute approximate surface area is 148 Å². The third kappa shape index (κ3) is 4.50. The highest BCUT2D eigenvalue weighted by Crippen LogP contribution is 2.35. The summed E-state index contributed by atoms with van der Waals surface area (Å²) in [6.45, 7) is 6.85. The van der Waals surface area contributed by atoms with Crippen molar-refractivity contribution >= 4 is 5.91 Å². The largest absolute Gasteiger partial charge is 0.343 e. The Hall–Kier alpha value is -2.64. The zero-order chi connectivity index (χ0) is 19.6. The summed E-state index contributed by atoms with van der Waals surface area (Å²) in [5.74, 6) is -1.23. The SMILES string of the molecule is Cc1nc(C(=O)N[C@@H](c2ccc(C(F)F)cc2F)C(C)(C)C)cc(=O)[nH]1. The number of nitrogens with zero attached hydrogens (tertiary/aromatic N) is 1. The highest BCUT2D eigenvalue weighted by Gasteiger charge is 2.31. The van der Waals surface area contributed by atoms with Crippen molar-refractivity contribution in [2.45, 2.75) is 40.2 Å². The van der Waals surface area contributed by atoms with Gasteiger partial charge in [-0.15, -0.1) is 0 Å². The van der Waals surface area contributed by atoms with E-state index in [0.29, 0.717) is 0 Å². The van der Waals surface area contributed by atoms with Gasteiger partial charge in [0.15, 0.2) is 0 Å². The zero-order valence-electron chi connectivity index (χ0n) is 14.9. The number of rotatable bonds is 4. The predicted octanol–water partition coefficient (Wildman–Crippen LogP) is 3.67. The number of aryl methyl sites for hydroxylation is 1. The summed E-state index contributed by atoms with van der Waals surface area (Å²) in [5, 5.41) is 2.65. The van der Waals surface area contributed by atoms with E-state index in [1.165, 1.54) is 13.0 Å². The van der Waals surface area contributed by atoms with Crippen molar-refractivity contribution in [3.63, 3.8) is 0 Å². The van der Waals surface area contributed by atoms with Crippen LogP contribution in [0.2, 0.25) is 0 Å². The number of hydrogen-bond donors (Lipinski definition) is 2. The smallest absolute Gasteiger partial charge is 0.270 e. The van der Waals surface area contributed by atoms with Crippen molar-refractivity contribution < 1.29 is 18.0 Å². The number of carbonyl (C=O) groups excluding carboxylic acids is 1. The number of alkyl halides is 2. The lowest BCUT2D eigenvalue weighted by atomic mass is 9.81. The molecule has 0 radical (unpaired) electrons. The lowest BCUT2D eigenvalue weighted by Gasteiger charge is -2.32. The van der Waals surface area contributed by atoms with Crippen LogP contribution >= 0.6 is 0 Å². The molecule has 26 heavy (non-hydrogen) atoms. The van der Waals surface area contributed by atoms with Gasteiger partial charge in [0.25, 0.3) is 17.9 Å². The molecule has 0 aliphatic carbocycles. The molecule has 2 N–H and O–H groups in total. The zero-order valence-corrected chi connectivity index (χ0v) is 14.9. The Morgan fingerprint density at radius 1 is 1.23 bits per heavy atom. The van der Waals surface area contributed by atoms with Crippen LogP contribution in [0.3, 0.4) is 0 Å². The Morgan fingerprint density at radius 2 is 1.88 bits per heavy atom. The first-order valence-electron chi connectivity index (χ1n) is 7.95. The van der Waals surface area contributed by atoms with Crippen molar-refractivity contribution in [1.29, 1.82) is 0 Å². The fourth-order valence-electron chi connectivity index (χ4n) is 2.57. The maximum absolute atomic E-state index is 14.4. The first kappa shape index (κ1) is 19.7. The minimum absolute atomic E-state index is 0.0804. The van der Waals surface area contributed by atoms with Gasteiger partial charge in [0, 0.05) is 17.2 Å². The van der Waals surface area contributed by atoms with Crippen LogP contribution < -0.4 is 10.9 Å². The van der Waals surface area contributed by atoms with E-state index in [0.717, 1.165) is 18.2 Å². The Bertz CT molecular complexity index is 873. The average Bonchev–Trinajstić information content (AvgIpc) is 2.50. The van der Waals surface area contributed by atoms with E-state index in [1.54, 1.807) is 20.8 Å². The van der Waals surface area contributed by atoms with Crippen LogP contribution in [0.25, 0.3) is 0 Å². The number of benzene rings is 1. The maximum atomic E-state index is 14.4. The van der Waals surface area contributed by atoms with Gasteiger partial charge in [-0.05, 0) is 18.4 Å².